The highest BCUT2D eigenvalue weighted by molar-refractivity contribution is 5.66. The van der Waals surface area contributed by atoms with E-state index in [4.69, 9.17) is 16.4 Å². The zero-order valence-corrected chi connectivity index (χ0v) is 13.0. The van der Waals surface area contributed by atoms with Crippen LogP contribution in [0.2, 0.25) is 0 Å². The molecule has 4 heteroatoms. The SMILES string of the molecule is C#Cc1ccc(-c2cnn(CC#N)c2)cc1OCc1ccccc1. The standard InChI is InChI=1S/C20H15N3O/c1-2-17-8-9-18(19-13-22-23(14-19)11-10-21)12-20(17)24-15-16-6-4-3-5-7-16/h1,3-9,12-14H,11,15H2. The van der Waals surface area contributed by atoms with Crippen LogP contribution in [0.3, 0.4) is 0 Å². The lowest BCUT2D eigenvalue weighted by atomic mass is 10.1. The Labute approximate surface area is 140 Å². The molecule has 3 aromatic rings. The molecular formula is C20H15N3O. The number of nitrogens with zero attached hydrogens (tertiary/aromatic N) is 3. The Morgan fingerprint density at radius 2 is 1.96 bits per heavy atom. The Kier molecular flexibility index (Phi) is 4.60. The average Bonchev–Trinajstić information content (AvgIpc) is 3.09. The van der Waals surface area contributed by atoms with Gasteiger partial charge in [0.05, 0.1) is 17.8 Å². The fraction of sp³-hybridized carbons (Fsp3) is 0.100. The molecule has 4 nitrogen and oxygen atoms in total. The molecule has 0 saturated heterocycles. The molecule has 3 rings (SSSR count). The molecule has 2 aromatic carbocycles. The van der Waals surface area contributed by atoms with Gasteiger partial charge >= 0.3 is 0 Å². The summed E-state index contributed by atoms with van der Waals surface area (Å²) in [6.07, 6.45) is 9.12. The number of benzene rings is 2. The highest BCUT2D eigenvalue weighted by atomic mass is 16.5. The summed E-state index contributed by atoms with van der Waals surface area (Å²) in [5.74, 6) is 3.31. The van der Waals surface area contributed by atoms with E-state index in [0.29, 0.717) is 17.9 Å². The van der Waals surface area contributed by atoms with Crippen molar-refractivity contribution in [1.82, 2.24) is 9.78 Å². The van der Waals surface area contributed by atoms with Gasteiger partial charge in [0.2, 0.25) is 0 Å². The smallest absolute Gasteiger partial charge is 0.136 e. The number of hydrogen-bond donors (Lipinski definition) is 0. The minimum Gasteiger partial charge on any atom is -0.488 e. The van der Waals surface area contributed by atoms with Gasteiger partial charge in [0.1, 0.15) is 18.9 Å². The van der Waals surface area contributed by atoms with Crippen LogP contribution in [-0.2, 0) is 13.2 Å². The van der Waals surface area contributed by atoms with E-state index in [9.17, 15) is 0 Å². The minimum absolute atomic E-state index is 0.222. The van der Waals surface area contributed by atoms with Gasteiger partial charge in [-0.2, -0.15) is 10.4 Å². The molecule has 0 aliphatic carbocycles. The van der Waals surface area contributed by atoms with Crippen molar-refractivity contribution in [3.63, 3.8) is 0 Å². The highest BCUT2D eigenvalue weighted by Gasteiger charge is 2.08. The summed E-state index contributed by atoms with van der Waals surface area (Å²) in [4.78, 5) is 0. The van der Waals surface area contributed by atoms with Gasteiger partial charge < -0.3 is 4.74 Å². The molecule has 1 aromatic heterocycles. The number of rotatable bonds is 5. The molecule has 0 aliphatic rings. The van der Waals surface area contributed by atoms with Gasteiger partial charge in [0.15, 0.2) is 0 Å². The van der Waals surface area contributed by atoms with Crippen LogP contribution in [-0.4, -0.2) is 9.78 Å². The predicted molar refractivity (Wildman–Crippen MR) is 92.0 cm³/mol. The number of terminal acetylenes is 1. The van der Waals surface area contributed by atoms with Gasteiger partial charge in [-0.05, 0) is 23.3 Å². The van der Waals surface area contributed by atoms with Crippen LogP contribution in [0.25, 0.3) is 11.1 Å². The number of hydrogen-bond acceptors (Lipinski definition) is 3. The third-order valence-electron chi connectivity index (χ3n) is 3.57. The topological polar surface area (TPSA) is 50.8 Å². The normalized spacial score (nSPS) is 9.92. The Bertz CT molecular complexity index is 914. The predicted octanol–water partition coefficient (Wildman–Crippen LogP) is 3.63. The van der Waals surface area contributed by atoms with Crippen LogP contribution in [0.15, 0.2) is 60.9 Å². The summed E-state index contributed by atoms with van der Waals surface area (Å²) >= 11 is 0. The third-order valence-corrected chi connectivity index (χ3v) is 3.57. The van der Waals surface area contributed by atoms with Gasteiger partial charge in [-0.1, -0.05) is 42.3 Å². The van der Waals surface area contributed by atoms with Crippen molar-refractivity contribution in [3.8, 4) is 35.3 Å². The Hall–Kier alpha value is -3.50. The first-order valence-electron chi connectivity index (χ1n) is 7.47. The zero-order chi connectivity index (χ0) is 16.8. The molecule has 0 atom stereocenters. The van der Waals surface area contributed by atoms with Crippen LogP contribution in [0.5, 0.6) is 5.75 Å². The second-order valence-electron chi connectivity index (χ2n) is 5.21. The quantitative estimate of drug-likeness (QED) is 0.676. The molecule has 0 amide bonds. The molecule has 0 fully saturated rings. The van der Waals surface area contributed by atoms with Crippen molar-refractivity contribution in [1.29, 1.82) is 5.26 Å². The fourth-order valence-corrected chi connectivity index (χ4v) is 2.35. The first-order chi connectivity index (χ1) is 11.8. The van der Waals surface area contributed by atoms with Gasteiger partial charge in [-0.3, -0.25) is 4.68 Å². The lowest BCUT2D eigenvalue weighted by Gasteiger charge is -2.10. The average molecular weight is 313 g/mol. The number of nitriles is 1. The monoisotopic (exact) mass is 313 g/mol. The van der Waals surface area contributed by atoms with Crippen molar-refractivity contribution in [2.24, 2.45) is 0 Å². The summed E-state index contributed by atoms with van der Waals surface area (Å²) in [6.45, 7) is 0.673. The summed E-state index contributed by atoms with van der Waals surface area (Å²) in [5.41, 5.74) is 3.64. The van der Waals surface area contributed by atoms with Crippen molar-refractivity contribution >= 4 is 0 Å². The summed E-state index contributed by atoms with van der Waals surface area (Å²) in [5, 5.41) is 12.9. The van der Waals surface area contributed by atoms with Crippen molar-refractivity contribution in [2.45, 2.75) is 13.2 Å². The molecule has 0 spiro atoms. The Morgan fingerprint density at radius 1 is 1.12 bits per heavy atom. The molecule has 0 unspecified atom stereocenters. The first kappa shape index (κ1) is 15.4. The fourth-order valence-electron chi connectivity index (χ4n) is 2.35. The Balaban J connectivity index is 1.85. The number of ether oxygens (including phenoxy) is 1. The van der Waals surface area contributed by atoms with Crippen LogP contribution in [0.1, 0.15) is 11.1 Å². The van der Waals surface area contributed by atoms with Crippen molar-refractivity contribution in [2.75, 3.05) is 0 Å². The van der Waals surface area contributed by atoms with Crippen LogP contribution < -0.4 is 4.74 Å². The molecule has 116 valence electrons. The van der Waals surface area contributed by atoms with Gasteiger partial charge in [0.25, 0.3) is 0 Å². The van der Waals surface area contributed by atoms with Crippen molar-refractivity contribution < 1.29 is 4.74 Å². The largest absolute Gasteiger partial charge is 0.488 e. The van der Waals surface area contributed by atoms with Gasteiger partial charge in [-0.15, -0.1) is 6.42 Å². The van der Waals surface area contributed by atoms with Crippen LogP contribution in [0, 0.1) is 23.7 Å². The zero-order valence-electron chi connectivity index (χ0n) is 13.0. The maximum atomic E-state index is 8.74. The van der Waals surface area contributed by atoms with E-state index in [1.807, 2.05) is 54.7 Å². The molecular weight excluding hydrogens is 298 g/mol. The molecule has 0 saturated carbocycles. The third kappa shape index (κ3) is 3.45. The second-order valence-corrected chi connectivity index (χ2v) is 5.21. The highest BCUT2D eigenvalue weighted by Crippen LogP contribution is 2.27. The summed E-state index contributed by atoms with van der Waals surface area (Å²) < 4.78 is 7.50. The molecule has 0 aliphatic heterocycles. The van der Waals surface area contributed by atoms with E-state index in [1.165, 1.54) is 0 Å². The van der Waals surface area contributed by atoms with Crippen molar-refractivity contribution in [3.05, 3.63) is 72.1 Å². The first-order valence-corrected chi connectivity index (χ1v) is 7.47. The molecule has 0 N–H and O–H groups in total. The lowest BCUT2D eigenvalue weighted by Crippen LogP contribution is -1.97. The van der Waals surface area contributed by atoms with E-state index in [1.54, 1.807) is 10.9 Å². The van der Waals surface area contributed by atoms with Gasteiger partial charge in [-0.25, -0.2) is 0 Å². The van der Waals surface area contributed by atoms with E-state index < -0.39 is 0 Å². The summed E-state index contributed by atoms with van der Waals surface area (Å²) in [6, 6.07) is 17.7. The molecule has 0 bridgehead atoms. The minimum atomic E-state index is 0.222. The maximum absolute atomic E-state index is 8.74. The van der Waals surface area contributed by atoms with Crippen LogP contribution in [0.4, 0.5) is 0 Å². The molecule has 1 heterocycles. The van der Waals surface area contributed by atoms with Crippen LogP contribution >= 0.6 is 0 Å². The Morgan fingerprint density at radius 3 is 2.71 bits per heavy atom. The lowest BCUT2D eigenvalue weighted by molar-refractivity contribution is 0.305. The molecule has 24 heavy (non-hydrogen) atoms. The van der Waals surface area contributed by atoms with E-state index in [-0.39, 0.29) is 6.54 Å². The summed E-state index contributed by atoms with van der Waals surface area (Å²) in [7, 11) is 0. The van der Waals surface area contributed by atoms with E-state index >= 15 is 0 Å². The number of aromatic nitrogens is 2. The second kappa shape index (κ2) is 7.17. The van der Waals surface area contributed by atoms with Gasteiger partial charge in [0, 0.05) is 11.8 Å². The van der Waals surface area contributed by atoms with E-state index in [2.05, 4.69) is 17.1 Å². The van der Waals surface area contributed by atoms with E-state index in [0.717, 1.165) is 16.7 Å². The molecule has 0 radical (unpaired) electrons. The maximum Gasteiger partial charge on any atom is 0.136 e.